The number of hydrogen-bond acceptors (Lipinski definition) is 1. The zero-order valence-electron chi connectivity index (χ0n) is 8.85. The second-order valence-electron chi connectivity index (χ2n) is 3.60. The van der Waals surface area contributed by atoms with Gasteiger partial charge in [-0.25, -0.2) is 0 Å². The third-order valence-electron chi connectivity index (χ3n) is 2.40. The van der Waals surface area contributed by atoms with E-state index in [9.17, 15) is 0 Å². The maximum atomic E-state index is 3.03. The van der Waals surface area contributed by atoms with Gasteiger partial charge < -0.3 is 4.90 Å². The summed E-state index contributed by atoms with van der Waals surface area (Å²) >= 11 is 0. The molecule has 0 aromatic heterocycles. The van der Waals surface area contributed by atoms with E-state index in [1.807, 2.05) is 18.2 Å². The average Bonchev–Trinajstić information content (AvgIpc) is 2.31. The fraction of sp³-hybridized carbons (Fsp3) is 0.143. The van der Waals surface area contributed by atoms with E-state index >= 15 is 0 Å². The molecular formula is C14H14N. The van der Waals surface area contributed by atoms with Crippen LogP contribution in [0.25, 0.3) is 0 Å². The Hall–Kier alpha value is -1.76. The lowest BCUT2D eigenvalue weighted by molar-refractivity contribution is 0.923. The molecular weight excluding hydrogens is 182 g/mol. The molecule has 0 spiro atoms. The lowest BCUT2D eigenvalue weighted by atomic mass is 10.2. The molecule has 1 radical (unpaired) electrons. The number of para-hydroxylation sites is 1. The number of nitrogens with zero attached hydrogens (tertiary/aromatic N) is 1. The van der Waals surface area contributed by atoms with Gasteiger partial charge in [-0.3, -0.25) is 0 Å². The summed E-state index contributed by atoms with van der Waals surface area (Å²) in [5.41, 5.74) is 2.55. The molecule has 0 N–H and O–H groups in total. The van der Waals surface area contributed by atoms with Crippen LogP contribution in [-0.4, -0.2) is 7.05 Å². The molecule has 2 aromatic carbocycles. The first-order valence-corrected chi connectivity index (χ1v) is 5.07. The van der Waals surface area contributed by atoms with Crippen LogP contribution in [0.5, 0.6) is 0 Å². The average molecular weight is 196 g/mol. The highest BCUT2D eigenvalue weighted by Gasteiger charge is 1.99. The highest BCUT2D eigenvalue weighted by molar-refractivity contribution is 5.45. The summed E-state index contributed by atoms with van der Waals surface area (Å²) in [6.45, 7) is 0.929. The van der Waals surface area contributed by atoms with E-state index in [1.165, 1.54) is 11.3 Å². The van der Waals surface area contributed by atoms with Crippen molar-refractivity contribution in [1.29, 1.82) is 0 Å². The largest absolute Gasteiger partial charge is 0.370 e. The summed E-state index contributed by atoms with van der Waals surface area (Å²) in [5, 5.41) is 0. The molecule has 0 saturated heterocycles. The Morgan fingerprint density at radius 2 is 1.67 bits per heavy atom. The number of hydrogen-bond donors (Lipinski definition) is 0. The molecule has 0 aliphatic carbocycles. The normalized spacial score (nSPS) is 9.93. The molecule has 0 aliphatic rings. The molecule has 0 atom stereocenters. The summed E-state index contributed by atoms with van der Waals surface area (Å²) in [6, 6.07) is 21.5. The van der Waals surface area contributed by atoms with Crippen LogP contribution in [0.3, 0.4) is 0 Å². The molecule has 2 aromatic rings. The molecule has 0 fully saturated rings. The van der Waals surface area contributed by atoms with Crippen molar-refractivity contribution in [1.82, 2.24) is 0 Å². The number of anilines is 1. The van der Waals surface area contributed by atoms with E-state index in [0.29, 0.717) is 0 Å². The van der Waals surface area contributed by atoms with Gasteiger partial charge in [0.05, 0.1) is 0 Å². The van der Waals surface area contributed by atoms with Gasteiger partial charge in [-0.05, 0) is 23.8 Å². The predicted molar refractivity (Wildman–Crippen MR) is 63.8 cm³/mol. The Labute approximate surface area is 91.0 Å². The Morgan fingerprint density at radius 1 is 1.00 bits per heavy atom. The first-order valence-electron chi connectivity index (χ1n) is 5.07. The van der Waals surface area contributed by atoms with Crippen LogP contribution in [0.15, 0.2) is 54.6 Å². The highest BCUT2D eigenvalue weighted by atomic mass is 15.1. The lowest BCUT2D eigenvalue weighted by Crippen LogP contribution is -2.15. The van der Waals surface area contributed by atoms with Crippen molar-refractivity contribution in [3.63, 3.8) is 0 Å². The zero-order valence-corrected chi connectivity index (χ0v) is 8.85. The molecule has 0 saturated carbocycles. The summed E-state index contributed by atoms with van der Waals surface area (Å²) in [4.78, 5) is 2.23. The Morgan fingerprint density at radius 3 is 2.33 bits per heavy atom. The fourth-order valence-corrected chi connectivity index (χ4v) is 1.57. The minimum atomic E-state index is 0.929. The summed E-state index contributed by atoms with van der Waals surface area (Å²) in [6.07, 6.45) is 0. The molecule has 15 heavy (non-hydrogen) atoms. The van der Waals surface area contributed by atoms with E-state index in [4.69, 9.17) is 0 Å². The zero-order chi connectivity index (χ0) is 10.5. The van der Waals surface area contributed by atoms with Crippen molar-refractivity contribution in [2.45, 2.75) is 6.54 Å². The molecule has 0 aliphatic heterocycles. The first-order chi connectivity index (χ1) is 7.36. The van der Waals surface area contributed by atoms with Gasteiger partial charge in [0, 0.05) is 19.3 Å². The quantitative estimate of drug-likeness (QED) is 0.729. The Bertz CT molecular complexity index is 394. The van der Waals surface area contributed by atoms with E-state index in [2.05, 4.69) is 54.4 Å². The molecule has 1 nitrogen and oxygen atoms in total. The van der Waals surface area contributed by atoms with Gasteiger partial charge in [-0.15, -0.1) is 0 Å². The summed E-state index contributed by atoms with van der Waals surface area (Å²) in [5.74, 6) is 0. The molecule has 2 rings (SSSR count). The molecule has 0 unspecified atom stereocenters. The van der Waals surface area contributed by atoms with Gasteiger partial charge in [0.25, 0.3) is 0 Å². The van der Waals surface area contributed by atoms with E-state index in [0.717, 1.165) is 6.54 Å². The number of rotatable bonds is 3. The van der Waals surface area contributed by atoms with Gasteiger partial charge in [0.15, 0.2) is 0 Å². The van der Waals surface area contributed by atoms with Crippen LogP contribution in [-0.2, 0) is 6.54 Å². The third-order valence-corrected chi connectivity index (χ3v) is 2.40. The predicted octanol–water partition coefficient (Wildman–Crippen LogP) is 3.12. The Balaban J connectivity index is 2.08. The second kappa shape index (κ2) is 4.65. The maximum absolute atomic E-state index is 3.03. The maximum Gasteiger partial charge on any atom is 0.0426 e. The standard InChI is InChI=1S/C14H14N/c1-15(14-10-6-3-7-11-14)12-13-8-4-2-5-9-13/h3-11H,12H2,1H3. The molecule has 75 valence electrons. The first kappa shape index (κ1) is 9.78. The minimum absolute atomic E-state index is 0.929. The van der Waals surface area contributed by atoms with Gasteiger partial charge in [0.2, 0.25) is 0 Å². The Kier molecular flexibility index (Phi) is 3.03. The SMILES string of the molecule is CN(Cc1cc[c]cc1)c1ccccc1. The van der Waals surface area contributed by atoms with Crippen LogP contribution in [0.1, 0.15) is 5.56 Å². The van der Waals surface area contributed by atoms with Crippen molar-refractivity contribution in [3.8, 4) is 0 Å². The van der Waals surface area contributed by atoms with Gasteiger partial charge in [-0.1, -0.05) is 42.5 Å². The van der Waals surface area contributed by atoms with Crippen LogP contribution in [0.4, 0.5) is 5.69 Å². The van der Waals surface area contributed by atoms with Crippen molar-refractivity contribution in [3.05, 3.63) is 66.2 Å². The van der Waals surface area contributed by atoms with Crippen molar-refractivity contribution >= 4 is 5.69 Å². The van der Waals surface area contributed by atoms with E-state index in [1.54, 1.807) is 0 Å². The number of benzene rings is 2. The molecule has 0 bridgehead atoms. The van der Waals surface area contributed by atoms with Gasteiger partial charge >= 0.3 is 0 Å². The van der Waals surface area contributed by atoms with Crippen molar-refractivity contribution in [2.75, 3.05) is 11.9 Å². The monoisotopic (exact) mass is 196 g/mol. The van der Waals surface area contributed by atoms with Crippen LogP contribution >= 0.6 is 0 Å². The van der Waals surface area contributed by atoms with Crippen LogP contribution in [0, 0.1) is 6.07 Å². The second-order valence-corrected chi connectivity index (χ2v) is 3.60. The molecule has 0 heterocycles. The van der Waals surface area contributed by atoms with Gasteiger partial charge in [-0.2, -0.15) is 0 Å². The van der Waals surface area contributed by atoms with E-state index in [-0.39, 0.29) is 0 Å². The van der Waals surface area contributed by atoms with Crippen LogP contribution < -0.4 is 4.90 Å². The highest BCUT2D eigenvalue weighted by Crippen LogP contribution is 2.13. The van der Waals surface area contributed by atoms with Crippen molar-refractivity contribution < 1.29 is 0 Å². The van der Waals surface area contributed by atoms with Crippen molar-refractivity contribution in [2.24, 2.45) is 0 Å². The molecule has 0 amide bonds. The smallest absolute Gasteiger partial charge is 0.0426 e. The van der Waals surface area contributed by atoms with Crippen LogP contribution in [0.2, 0.25) is 0 Å². The fourth-order valence-electron chi connectivity index (χ4n) is 1.57. The summed E-state index contributed by atoms with van der Waals surface area (Å²) in [7, 11) is 2.10. The lowest BCUT2D eigenvalue weighted by Gasteiger charge is -2.19. The summed E-state index contributed by atoms with van der Waals surface area (Å²) < 4.78 is 0. The molecule has 1 heteroatoms. The topological polar surface area (TPSA) is 3.24 Å². The third kappa shape index (κ3) is 2.59. The van der Waals surface area contributed by atoms with Gasteiger partial charge in [0.1, 0.15) is 0 Å². The minimum Gasteiger partial charge on any atom is -0.370 e. The van der Waals surface area contributed by atoms with E-state index < -0.39 is 0 Å².